The van der Waals surface area contributed by atoms with Gasteiger partial charge in [-0.1, -0.05) is 50.3 Å². The summed E-state index contributed by atoms with van der Waals surface area (Å²) in [6.45, 7) is 2.12. The van der Waals surface area contributed by atoms with E-state index in [0.29, 0.717) is 29.5 Å². The van der Waals surface area contributed by atoms with Crippen LogP contribution in [0.15, 0.2) is 23.6 Å². The number of carbonyl (C=O) groups excluding carboxylic acids is 2. The molecule has 4 rings (SSSR count). The summed E-state index contributed by atoms with van der Waals surface area (Å²) in [6.07, 6.45) is 12.5. The topological polar surface area (TPSA) is 55.4 Å². The van der Waals surface area contributed by atoms with Gasteiger partial charge in [0, 0.05) is 17.4 Å². The molecule has 0 radical (unpaired) electrons. The van der Waals surface area contributed by atoms with Crippen molar-refractivity contribution in [2.75, 3.05) is 11.9 Å². The Hall–Kier alpha value is -2.14. The maximum absolute atomic E-state index is 12.8. The third-order valence-corrected chi connectivity index (χ3v) is 7.58. The second kappa shape index (κ2) is 10.4. The Balaban J connectivity index is 1.53. The first-order chi connectivity index (χ1) is 15.2. The van der Waals surface area contributed by atoms with Crippen LogP contribution in [0.5, 0.6) is 0 Å². The van der Waals surface area contributed by atoms with Crippen LogP contribution in [-0.2, 0) is 22.4 Å². The van der Waals surface area contributed by atoms with Gasteiger partial charge >= 0.3 is 5.97 Å². The number of rotatable bonds is 7. The average Bonchev–Trinajstić information content (AvgIpc) is 3.21. The molecule has 0 unspecified atom stereocenters. The van der Waals surface area contributed by atoms with Gasteiger partial charge in [-0.05, 0) is 61.6 Å². The zero-order valence-corrected chi connectivity index (χ0v) is 19.3. The quantitative estimate of drug-likeness (QED) is 0.484. The van der Waals surface area contributed by atoms with Crippen molar-refractivity contribution in [2.45, 2.75) is 77.6 Å². The molecule has 1 saturated carbocycles. The number of anilines is 1. The second-order valence-corrected chi connectivity index (χ2v) is 9.74. The fourth-order valence-corrected chi connectivity index (χ4v) is 5.94. The Morgan fingerprint density at radius 2 is 1.84 bits per heavy atom. The molecule has 1 heterocycles. The van der Waals surface area contributed by atoms with Crippen LogP contribution >= 0.6 is 11.3 Å². The van der Waals surface area contributed by atoms with Crippen LogP contribution in [0.3, 0.4) is 0 Å². The number of hydrogen-bond donors (Lipinski definition) is 1. The number of esters is 1. The molecule has 31 heavy (non-hydrogen) atoms. The van der Waals surface area contributed by atoms with Crippen molar-refractivity contribution in [3.8, 4) is 11.1 Å². The minimum absolute atomic E-state index is 0.00466. The van der Waals surface area contributed by atoms with Gasteiger partial charge in [-0.2, -0.15) is 0 Å². The van der Waals surface area contributed by atoms with E-state index in [-0.39, 0.29) is 11.9 Å². The molecule has 1 amide bonds. The molecule has 0 bridgehead atoms. The molecule has 4 nitrogen and oxygen atoms in total. The molecule has 1 aromatic carbocycles. The van der Waals surface area contributed by atoms with Crippen molar-refractivity contribution in [3.05, 3.63) is 40.3 Å². The Morgan fingerprint density at radius 3 is 2.61 bits per heavy atom. The van der Waals surface area contributed by atoms with Gasteiger partial charge in [0.15, 0.2) is 0 Å². The molecule has 2 aliphatic rings. The van der Waals surface area contributed by atoms with Crippen molar-refractivity contribution in [2.24, 2.45) is 5.92 Å². The standard InChI is InChI=1S/C26H33NO3S/c1-2-30-26(29)24-22(21-14-13-19-10-6-7-11-20(19)16-21)17-31-25(24)27-23(28)15-12-18-8-4-3-5-9-18/h13-14,16-18H,2-12,15H2,1H3,(H,27,28). The molecule has 0 atom stereocenters. The predicted molar refractivity (Wildman–Crippen MR) is 127 cm³/mol. The van der Waals surface area contributed by atoms with E-state index < -0.39 is 0 Å². The van der Waals surface area contributed by atoms with Crippen molar-refractivity contribution in [3.63, 3.8) is 0 Å². The zero-order chi connectivity index (χ0) is 21.6. The number of aryl methyl sites for hydroxylation is 2. The van der Waals surface area contributed by atoms with Gasteiger partial charge in [-0.3, -0.25) is 4.79 Å². The number of nitrogens with one attached hydrogen (secondary N) is 1. The van der Waals surface area contributed by atoms with Crippen LogP contribution < -0.4 is 5.32 Å². The molecule has 0 aliphatic heterocycles. The van der Waals surface area contributed by atoms with E-state index in [0.717, 1.165) is 30.4 Å². The second-order valence-electron chi connectivity index (χ2n) is 8.86. The average molecular weight is 440 g/mol. The number of benzene rings is 1. The number of hydrogen-bond acceptors (Lipinski definition) is 4. The highest BCUT2D eigenvalue weighted by Gasteiger charge is 2.24. The highest BCUT2D eigenvalue weighted by molar-refractivity contribution is 7.15. The largest absolute Gasteiger partial charge is 0.462 e. The lowest BCUT2D eigenvalue weighted by Gasteiger charge is -2.21. The molecule has 2 aliphatic carbocycles. The van der Waals surface area contributed by atoms with Crippen LogP contribution in [0.2, 0.25) is 0 Å². The summed E-state index contributed by atoms with van der Waals surface area (Å²) in [5.41, 5.74) is 5.18. The third-order valence-electron chi connectivity index (χ3n) is 6.69. The first kappa shape index (κ1) is 22.1. The number of amides is 1. The SMILES string of the molecule is CCOC(=O)c1c(-c2ccc3c(c2)CCCC3)csc1NC(=O)CCC1CCCCC1. The van der Waals surface area contributed by atoms with Crippen LogP contribution in [0, 0.1) is 5.92 Å². The van der Waals surface area contributed by atoms with Crippen molar-refractivity contribution in [1.82, 2.24) is 0 Å². The molecule has 1 fully saturated rings. The molecule has 0 spiro atoms. The van der Waals surface area contributed by atoms with E-state index in [1.807, 2.05) is 12.3 Å². The Labute approximate surface area is 189 Å². The predicted octanol–water partition coefficient (Wildman–Crippen LogP) is 6.77. The first-order valence-corrected chi connectivity index (χ1v) is 12.7. The van der Waals surface area contributed by atoms with E-state index in [9.17, 15) is 9.59 Å². The van der Waals surface area contributed by atoms with Gasteiger partial charge in [0.05, 0.1) is 6.61 Å². The lowest BCUT2D eigenvalue weighted by Crippen LogP contribution is -2.16. The summed E-state index contributed by atoms with van der Waals surface area (Å²) in [6, 6.07) is 6.51. The van der Waals surface area contributed by atoms with Crippen molar-refractivity contribution in [1.29, 1.82) is 0 Å². The van der Waals surface area contributed by atoms with Crippen LogP contribution in [0.4, 0.5) is 5.00 Å². The normalized spacial score (nSPS) is 16.5. The highest BCUT2D eigenvalue weighted by Crippen LogP contribution is 2.38. The number of ether oxygens (including phenoxy) is 1. The maximum atomic E-state index is 12.8. The molecule has 2 aromatic rings. The lowest BCUT2D eigenvalue weighted by molar-refractivity contribution is -0.116. The van der Waals surface area contributed by atoms with Gasteiger partial charge in [-0.25, -0.2) is 4.79 Å². The summed E-state index contributed by atoms with van der Waals surface area (Å²) < 4.78 is 5.35. The molecule has 166 valence electrons. The fraction of sp³-hybridized carbons (Fsp3) is 0.538. The van der Waals surface area contributed by atoms with Crippen LogP contribution in [0.1, 0.15) is 86.2 Å². The van der Waals surface area contributed by atoms with Crippen LogP contribution in [0.25, 0.3) is 11.1 Å². The minimum atomic E-state index is -0.362. The number of fused-ring (bicyclic) bond motifs is 1. The Bertz CT molecular complexity index is 927. The maximum Gasteiger partial charge on any atom is 0.341 e. The molecule has 5 heteroatoms. The fourth-order valence-electron chi connectivity index (χ4n) is 4.97. The van der Waals surface area contributed by atoms with E-state index in [1.165, 1.54) is 67.4 Å². The summed E-state index contributed by atoms with van der Waals surface area (Å²) >= 11 is 1.42. The minimum Gasteiger partial charge on any atom is -0.462 e. The molecular weight excluding hydrogens is 406 g/mol. The molecule has 1 aromatic heterocycles. The lowest BCUT2D eigenvalue weighted by atomic mass is 9.86. The molecule has 0 saturated heterocycles. The first-order valence-electron chi connectivity index (χ1n) is 11.9. The van der Waals surface area contributed by atoms with Crippen molar-refractivity contribution < 1.29 is 14.3 Å². The third kappa shape index (κ3) is 5.38. The van der Waals surface area contributed by atoms with Crippen LogP contribution in [-0.4, -0.2) is 18.5 Å². The Morgan fingerprint density at radius 1 is 1.06 bits per heavy atom. The summed E-state index contributed by atoms with van der Waals surface area (Å²) in [7, 11) is 0. The number of carbonyl (C=O) groups is 2. The van der Waals surface area contributed by atoms with E-state index in [4.69, 9.17) is 4.74 Å². The summed E-state index contributed by atoms with van der Waals surface area (Å²) in [4.78, 5) is 25.5. The smallest absolute Gasteiger partial charge is 0.341 e. The van der Waals surface area contributed by atoms with E-state index in [2.05, 4.69) is 23.5 Å². The molecule has 1 N–H and O–H groups in total. The highest BCUT2D eigenvalue weighted by atomic mass is 32.1. The van der Waals surface area contributed by atoms with Gasteiger partial charge in [0.2, 0.25) is 5.91 Å². The Kier molecular flexibility index (Phi) is 7.44. The number of thiophene rings is 1. The van der Waals surface area contributed by atoms with Gasteiger partial charge in [-0.15, -0.1) is 11.3 Å². The van der Waals surface area contributed by atoms with Gasteiger partial charge < -0.3 is 10.1 Å². The van der Waals surface area contributed by atoms with Crippen molar-refractivity contribution >= 4 is 28.2 Å². The zero-order valence-electron chi connectivity index (χ0n) is 18.5. The van der Waals surface area contributed by atoms with Gasteiger partial charge in [0.25, 0.3) is 0 Å². The monoisotopic (exact) mass is 439 g/mol. The van der Waals surface area contributed by atoms with E-state index in [1.54, 1.807) is 0 Å². The summed E-state index contributed by atoms with van der Waals surface area (Å²) in [5, 5.41) is 5.61. The summed E-state index contributed by atoms with van der Waals surface area (Å²) in [5.74, 6) is 0.299. The molecular formula is C26H33NO3S. The van der Waals surface area contributed by atoms with E-state index >= 15 is 0 Å². The van der Waals surface area contributed by atoms with Gasteiger partial charge in [0.1, 0.15) is 10.6 Å².